The molecule has 12 heteroatoms. The van der Waals surface area contributed by atoms with Crippen LogP contribution in [0, 0.1) is 16.0 Å². The number of esters is 1. The Morgan fingerprint density at radius 1 is 1.05 bits per heavy atom. The van der Waals surface area contributed by atoms with Crippen LogP contribution >= 0.6 is 23.2 Å². The molecule has 0 saturated carbocycles. The lowest BCUT2D eigenvalue weighted by molar-refractivity contribution is -0.385. The zero-order valence-corrected chi connectivity index (χ0v) is 21.0. The third-order valence-corrected chi connectivity index (χ3v) is 5.42. The van der Waals surface area contributed by atoms with Gasteiger partial charge < -0.3 is 10.1 Å². The minimum Gasteiger partial charge on any atom is -0.415 e. The predicted molar refractivity (Wildman–Crippen MR) is 139 cm³/mol. The fraction of sp³-hybridized carbons (Fsp3) is 0.120. The second-order valence-corrected chi connectivity index (χ2v) is 8.73. The summed E-state index contributed by atoms with van der Waals surface area (Å²) in [4.78, 5) is 47.7. The normalized spacial score (nSPS) is 10.8. The number of hydrogen-bond acceptors (Lipinski definition) is 7. The highest BCUT2D eigenvalue weighted by Gasteiger charge is 2.23. The SMILES string of the molecule is CC(C)C(=O)Nc1ccc(C(=O)N/N=C/c2cccc([N+](=O)[O-])c2OC(=O)c2ccc(Cl)cc2Cl)cc1. The first-order valence-corrected chi connectivity index (χ1v) is 11.5. The van der Waals surface area contributed by atoms with Crippen molar-refractivity contribution in [1.82, 2.24) is 5.43 Å². The average Bonchev–Trinajstić information content (AvgIpc) is 2.84. The summed E-state index contributed by atoms with van der Waals surface area (Å²) in [6, 6.07) is 14.2. The largest absolute Gasteiger partial charge is 0.415 e. The van der Waals surface area contributed by atoms with Crippen molar-refractivity contribution in [2.24, 2.45) is 11.0 Å². The molecule has 190 valence electrons. The molecule has 0 spiro atoms. The van der Waals surface area contributed by atoms with Crippen molar-refractivity contribution in [1.29, 1.82) is 0 Å². The fourth-order valence-corrected chi connectivity index (χ4v) is 3.40. The van der Waals surface area contributed by atoms with E-state index in [-0.39, 0.29) is 39.3 Å². The Labute approximate surface area is 221 Å². The van der Waals surface area contributed by atoms with Gasteiger partial charge in [-0.15, -0.1) is 0 Å². The van der Waals surface area contributed by atoms with Gasteiger partial charge in [-0.3, -0.25) is 19.7 Å². The van der Waals surface area contributed by atoms with Gasteiger partial charge in [-0.25, -0.2) is 10.2 Å². The van der Waals surface area contributed by atoms with E-state index in [2.05, 4.69) is 15.8 Å². The smallest absolute Gasteiger partial charge is 0.345 e. The van der Waals surface area contributed by atoms with Crippen LogP contribution < -0.4 is 15.5 Å². The molecule has 0 heterocycles. The standard InChI is InChI=1S/C25H20Cl2N4O6/c1-14(2)23(32)29-18-9-6-15(7-10-18)24(33)30-28-13-16-4-3-5-21(31(35)36)22(16)37-25(34)19-11-8-17(26)12-20(19)27/h3-14H,1-2H3,(H,29,32)(H,30,33)/b28-13+. The maximum Gasteiger partial charge on any atom is 0.345 e. The molecule has 0 aliphatic heterocycles. The number of benzene rings is 3. The number of carbonyl (C=O) groups is 3. The highest BCUT2D eigenvalue weighted by molar-refractivity contribution is 6.36. The minimum absolute atomic E-state index is 0.00774. The lowest BCUT2D eigenvalue weighted by atomic mass is 10.1. The minimum atomic E-state index is -0.945. The van der Waals surface area contributed by atoms with Crippen LogP contribution in [0.25, 0.3) is 0 Å². The van der Waals surface area contributed by atoms with Crippen LogP contribution in [0.1, 0.15) is 40.1 Å². The maximum absolute atomic E-state index is 12.7. The maximum atomic E-state index is 12.7. The predicted octanol–water partition coefficient (Wildman–Crippen LogP) is 5.48. The van der Waals surface area contributed by atoms with Crippen LogP contribution in [0.5, 0.6) is 5.75 Å². The van der Waals surface area contributed by atoms with E-state index in [1.54, 1.807) is 26.0 Å². The van der Waals surface area contributed by atoms with E-state index in [4.69, 9.17) is 27.9 Å². The number of hydrogen-bond donors (Lipinski definition) is 2. The van der Waals surface area contributed by atoms with Crippen molar-refractivity contribution >= 4 is 58.6 Å². The fourth-order valence-electron chi connectivity index (χ4n) is 2.92. The van der Waals surface area contributed by atoms with Crippen molar-refractivity contribution in [3.05, 3.63) is 97.5 Å². The molecule has 37 heavy (non-hydrogen) atoms. The number of nitro benzene ring substituents is 1. The Morgan fingerprint density at radius 2 is 1.76 bits per heavy atom. The molecule has 0 unspecified atom stereocenters. The van der Waals surface area contributed by atoms with Crippen molar-refractivity contribution in [2.75, 3.05) is 5.32 Å². The van der Waals surface area contributed by atoms with Crippen LogP contribution in [0.2, 0.25) is 10.0 Å². The topological polar surface area (TPSA) is 140 Å². The number of rotatable bonds is 8. The van der Waals surface area contributed by atoms with Gasteiger partial charge in [-0.05, 0) is 48.5 Å². The number of halogens is 2. The Hall–Kier alpha value is -4.28. The zero-order valence-electron chi connectivity index (χ0n) is 19.5. The molecule has 0 saturated heterocycles. The molecule has 0 aromatic heterocycles. The molecule has 0 bridgehead atoms. The monoisotopic (exact) mass is 542 g/mol. The Kier molecular flexibility index (Phi) is 8.94. The van der Waals surface area contributed by atoms with Gasteiger partial charge in [0.15, 0.2) is 0 Å². The molecule has 3 aromatic rings. The summed E-state index contributed by atoms with van der Waals surface area (Å²) in [5, 5.41) is 18.4. The van der Waals surface area contributed by atoms with E-state index in [1.165, 1.54) is 42.5 Å². The van der Waals surface area contributed by atoms with Gasteiger partial charge in [0.25, 0.3) is 5.91 Å². The third-order valence-electron chi connectivity index (χ3n) is 4.88. The van der Waals surface area contributed by atoms with Gasteiger partial charge in [0, 0.05) is 33.8 Å². The summed E-state index contributed by atoms with van der Waals surface area (Å²) in [5.41, 5.74) is 2.60. The summed E-state index contributed by atoms with van der Waals surface area (Å²) in [6.45, 7) is 3.52. The second kappa shape index (κ2) is 12.1. The quantitative estimate of drug-likeness (QED) is 0.127. The molecule has 0 aliphatic rings. The first-order valence-electron chi connectivity index (χ1n) is 10.8. The Bertz CT molecular complexity index is 1390. The molecule has 10 nitrogen and oxygen atoms in total. The van der Waals surface area contributed by atoms with E-state index in [0.717, 1.165) is 12.3 Å². The molecular weight excluding hydrogens is 523 g/mol. The number of para-hydroxylation sites is 1. The molecule has 2 N–H and O–H groups in total. The van der Waals surface area contributed by atoms with E-state index >= 15 is 0 Å². The molecule has 0 radical (unpaired) electrons. The van der Waals surface area contributed by atoms with Crippen LogP contribution in [-0.4, -0.2) is 28.9 Å². The Morgan fingerprint density at radius 3 is 2.38 bits per heavy atom. The van der Waals surface area contributed by atoms with Gasteiger partial charge in [0.2, 0.25) is 11.7 Å². The average molecular weight is 543 g/mol. The van der Waals surface area contributed by atoms with E-state index in [0.29, 0.717) is 10.7 Å². The van der Waals surface area contributed by atoms with Crippen molar-refractivity contribution in [2.45, 2.75) is 13.8 Å². The molecule has 0 fully saturated rings. The molecule has 0 aliphatic carbocycles. The summed E-state index contributed by atoms with van der Waals surface area (Å²) in [5.74, 6) is -2.26. The van der Waals surface area contributed by atoms with E-state index in [9.17, 15) is 24.5 Å². The molecular formula is C25H20Cl2N4O6. The lowest BCUT2D eigenvalue weighted by Crippen LogP contribution is -2.19. The number of anilines is 1. The van der Waals surface area contributed by atoms with Gasteiger partial charge in [-0.1, -0.05) is 43.1 Å². The number of ether oxygens (including phenoxy) is 1. The van der Waals surface area contributed by atoms with Crippen molar-refractivity contribution in [3.63, 3.8) is 0 Å². The number of carbonyl (C=O) groups excluding carboxylic acids is 3. The number of amides is 2. The van der Waals surface area contributed by atoms with Gasteiger partial charge in [0.05, 0.1) is 21.7 Å². The summed E-state index contributed by atoms with van der Waals surface area (Å²) >= 11 is 11.9. The van der Waals surface area contributed by atoms with Gasteiger partial charge in [-0.2, -0.15) is 5.10 Å². The summed E-state index contributed by atoms with van der Waals surface area (Å²) in [7, 11) is 0. The van der Waals surface area contributed by atoms with Gasteiger partial charge in [0.1, 0.15) is 0 Å². The lowest BCUT2D eigenvalue weighted by Gasteiger charge is -2.09. The van der Waals surface area contributed by atoms with Crippen LogP contribution in [0.3, 0.4) is 0 Å². The molecule has 2 amide bonds. The molecule has 0 atom stereocenters. The van der Waals surface area contributed by atoms with Crippen LogP contribution in [-0.2, 0) is 4.79 Å². The zero-order chi connectivity index (χ0) is 27.1. The Balaban J connectivity index is 1.77. The number of nitro groups is 1. The van der Waals surface area contributed by atoms with Crippen LogP contribution in [0.4, 0.5) is 11.4 Å². The number of nitrogens with zero attached hydrogens (tertiary/aromatic N) is 2. The van der Waals surface area contributed by atoms with E-state index < -0.39 is 22.5 Å². The van der Waals surface area contributed by atoms with Crippen molar-refractivity contribution < 1.29 is 24.0 Å². The summed E-state index contributed by atoms with van der Waals surface area (Å²) in [6.07, 6.45) is 1.11. The second-order valence-electron chi connectivity index (χ2n) is 7.89. The number of nitrogens with one attached hydrogen (secondary N) is 2. The summed E-state index contributed by atoms with van der Waals surface area (Å²) < 4.78 is 5.30. The number of hydrazone groups is 1. The highest BCUT2D eigenvalue weighted by atomic mass is 35.5. The van der Waals surface area contributed by atoms with Crippen molar-refractivity contribution in [3.8, 4) is 5.75 Å². The highest BCUT2D eigenvalue weighted by Crippen LogP contribution is 2.32. The van der Waals surface area contributed by atoms with Gasteiger partial charge >= 0.3 is 11.7 Å². The molecule has 3 rings (SSSR count). The molecule has 3 aromatic carbocycles. The first kappa shape index (κ1) is 27.3. The first-order chi connectivity index (χ1) is 17.6. The third kappa shape index (κ3) is 7.12. The van der Waals surface area contributed by atoms with E-state index in [1.807, 2.05) is 0 Å². The van der Waals surface area contributed by atoms with Crippen LogP contribution in [0.15, 0.2) is 65.8 Å².